The van der Waals surface area contributed by atoms with Crippen LogP contribution in [0.2, 0.25) is 0 Å². The number of ether oxygens (including phenoxy) is 1. The zero-order valence-electron chi connectivity index (χ0n) is 18.4. The highest BCUT2D eigenvalue weighted by atomic mass is 32.2. The Morgan fingerprint density at radius 1 is 0.818 bits per heavy atom. The fraction of sp³-hybridized carbons (Fsp3) is 0.231. The number of anilines is 1. The number of hydrogen-bond acceptors (Lipinski definition) is 4. The smallest absolute Gasteiger partial charge is 0.261 e. The number of rotatable bonds is 8. The summed E-state index contributed by atoms with van der Waals surface area (Å²) in [7, 11) is -3.72. The van der Waals surface area contributed by atoms with Crippen LogP contribution < -0.4 is 9.46 Å². The molecule has 4 aromatic rings. The van der Waals surface area contributed by atoms with Crippen molar-refractivity contribution in [3.63, 3.8) is 0 Å². The van der Waals surface area contributed by atoms with Gasteiger partial charge in [0.1, 0.15) is 11.5 Å². The van der Waals surface area contributed by atoms with Crippen molar-refractivity contribution in [1.82, 2.24) is 9.47 Å². The molecule has 3 aromatic carbocycles. The van der Waals surface area contributed by atoms with Crippen LogP contribution in [-0.4, -0.2) is 37.5 Å². The van der Waals surface area contributed by atoms with E-state index in [9.17, 15) is 8.42 Å². The number of nitrogens with zero attached hydrogens (tertiary/aromatic N) is 2. The highest BCUT2D eigenvalue weighted by Gasteiger charge is 2.16. The number of fused-ring (bicyclic) bond motifs is 1. The molecule has 33 heavy (non-hydrogen) atoms. The van der Waals surface area contributed by atoms with Crippen molar-refractivity contribution in [2.24, 2.45) is 0 Å². The molecule has 1 aliphatic heterocycles. The lowest BCUT2D eigenvalue weighted by Gasteiger charge is -2.15. The van der Waals surface area contributed by atoms with Gasteiger partial charge in [0, 0.05) is 19.3 Å². The molecule has 0 bridgehead atoms. The SMILES string of the molecule is O=S(=O)(Nc1ccc2ccn(CCN3CCCC3)c2c1)c1ccc(Oc2ccccc2)cc1. The van der Waals surface area contributed by atoms with E-state index in [1.54, 1.807) is 30.3 Å². The summed E-state index contributed by atoms with van der Waals surface area (Å²) in [6.45, 7) is 4.23. The standard InChI is InChI=1S/C26H27N3O3S/c30-33(31,25-12-10-24(11-13-25)32-23-6-2-1-3-7-23)27-22-9-8-21-14-17-29(26(21)20-22)19-18-28-15-4-5-16-28/h1-3,6-14,17,20,27H,4-5,15-16,18-19H2. The second kappa shape index (κ2) is 9.29. The van der Waals surface area contributed by atoms with E-state index in [0.29, 0.717) is 17.2 Å². The van der Waals surface area contributed by atoms with Crippen LogP contribution >= 0.6 is 0 Å². The molecule has 0 atom stereocenters. The second-order valence-corrected chi connectivity index (χ2v) is 10.0. The largest absolute Gasteiger partial charge is 0.457 e. The Morgan fingerprint density at radius 3 is 2.30 bits per heavy atom. The van der Waals surface area contributed by atoms with Crippen molar-refractivity contribution in [1.29, 1.82) is 0 Å². The van der Waals surface area contributed by atoms with Crippen LogP contribution in [0.15, 0.2) is 90.0 Å². The van der Waals surface area contributed by atoms with Crippen molar-refractivity contribution < 1.29 is 13.2 Å². The van der Waals surface area contributed by atoms with E-state index in [4.69, 9.17) is 4.74 Å². The van der Waals surface area contributed by atoms with E-state index >= 15 is 0 Å². The average Bonchev–Trinajstić information content (AvgIpc) is 3.48. The van der Waals surface area contributed by atoms with Crippen molar-refractivity contribution >= 4 is 26.6 Å². The van der Waals surface area contributed by atoms with Gasteiger partial charge >= 0.3 is 0 Å². The summed E-state index contributed by atoms with van der Waals surface area (Å²) < 4.78 is 36.6. The first-order valence-corrected chi connectivity index (χ1v) is 12.7. The molecule has 0 radical (unpaired) electrons. The zero-order chi connectivity index (χ0) is 22.7. The second-order valence-electron chi connectivity index (χ2n) is 8.32. The number of aromatic nitrogens is 1. The molecule has 0 saturated carbocycles. The first-order valence-electron chi connectivity index (χ1n) is 11.2. The summed E-state index contributed by atoms with van der Waals surface area (Å²) in [5.74, 6) is 1.28. The molecular formula is C26H27N3O3S. The summed E-state index contributed by atoms with van der Waals surface area (Å²) in [5.41, 5.74) is 1.58. The van der Waals surface area contributed by atoms with Crippen LogP contribution in [0, 0.1) is 0 Å². The molecule has 0 amide bonds. The van der Waals surface area contributed by atoms with Gasteiger partial charge < -0.3 is 14.2 Å². The zero-order valence-corrected chi connectivity index (χ0v) is 19.2. The molecule has 0 aliphatic carbocycles. The maximum absolute atomic E-state index is 13.0. The van der Waals surface area contributed by atoms with E-state index in [1.807, 2.05) is 42.5 Å². The molecule has 2 heterocycles. The summed E-state index contributed by atoms with van der Waals surface area (Å²) in [6, 6.07) is 23.6. The van der Waals surface area contributed by atoms with Gasteiger partial charge in [0.15, 0.2) is 0 Å². The molecule has 1 fully saturated rings. The van der Waals surface area contributed by atoms with E-state index in [0.717, 1.165) is 24.0 Å². The Labute approximate surface area is 194 Å². The van der Waals surface area contributed by atoms with Crippen molar-refractivity contribution in [2.45, 2.75) is 24.3 Å². The maximum atomic E-state index is 13.0. The average molecular weight is 462 g/mol. The Morgan fingerprint density at radius 2 is 1.55 bits per heavy atom. The fourth-order valence-corrected chi connectivity index (χ4v) is 5.27. The van der Waals surface area contributed by atoms with Crippen LogP contribution in [0.25, 0.3) is 10.9 Å². The van der Waals surface area contributed by atoms with E-state index < -0.39 is 10.0 Å². The van der Waals surface area contributed by atoms with Gasteiger partial charge in [0.25, 0.3) is 10.0 Å². The summed E-state index contributed by atoms with van der Waals surface area (Å²) in [5, 5.41) is 1.10. The van der Waals surface area contributed by atoms with Gasteiger partial charge in [0.05, 0.1) is 16.1 Å². The summed E-state index contributed by atoms with van der Waals surface area (Å²) in [4.78, 5) is 2.66. The normalized spacial score (nSPS) is 14.5. The Bertz CT molecular complexity index is 1330. The van der Waals surface area contributed by atoms with Crippen LogP contribution in [0.1, 0.15) is 12.8 Å². The van der Waals surface area contributed by atoms with Gasteiger partial charge in [-0.2, -0.15) is 0 Å². The van der Waals surface area contributed by atoms with Crippen molar-refractivity contribution in [3.8, 4) is 11.5 Å². The quantitative estimate of drug-likeness (QED) is 0.385. The van der Waals surface area contributed by atoms with Crippen LogP contribution in [0.5, 0.6) is 11.5 Å². The topological polar surface area (TPSA) is 63.6 Å². The number of benzene rings is 3. The third-order valence-corrected chi connectivity index (χ3v) is 7.39. The predicted octanol–water partition coefficient (Wildman–Crippen LogP) is 5.33. The number of sulfonamides is 1. The molecule has 0 unspecified atom stereocenters. The van der Waals surface area contributed by atoms with Gasteiger partial charge in [-0.25, -0.2) is 8.42 Å². The van der Waals surface area contributed by atoms with Crippen molar-refractivity contribution in [3.05, 3.63) is 85.1 Å². The molecule has 1 aromatic heterocycles. The molecule has 0 spiro atoms. The number of hydrogen-bond donors (Lipinski definition) is 1. The highest BCUT2D eigenvalue weighted by Crippen LogP contribution is 2.26. The number of likely N-dealkylation sites (tertiary alicyclic amines) is 1. The minimum Gasteiger partial charge on any atom is -0.457 e. The predicted molar refractivity (Wildman–Crippen MR) is 131 cm³/mol. The molecule has 6 nitrogen and oxygen atoms in total. The highest BCUT2D eigenvalue weighted by molar-refractivity contribution is 7.92. The Hall–Kier alpha value is -3.29. The minimum absolute atomic E-state index is 0.187. The number of nitrogens with one attached hydrogen (secondary N) is 1. The molecule has 5 rings (SSSR count). The molecule has 7 heteroatoms. The van der Waals surface area contributed by atoms with Gasteiger partial charge in [-0.15, -0.1) is 0 Å². The van der Waals surface area contributed by atoms with E-state index in [-0.39, 0.29) is 4.90 Å². The third kappa shape index (κ3) is 5.05. The summed E-state index contributed by atoms with van der Waals surface area (Å²) in [6.07, 6.45) is 4.62. The number of para-hydroxylation sites is 1. The Kier molecular flexibility index (Phi) is 6.07. The van der Waals surface area contributed by atoms with Crippen LogP contribution in [0.4, 0.5) is 5.69 Å². The third-order valence-electron chi connectivity index (χ3n) is 5.99. The van der Waals surface area contributed by atoms with Gasteiger partial charge in [-0.1, -0.05) is 24.3 Å². The van der Waals surface area contributed by atoms with E-state index in [2.05, 4.69) is 26.5 Å². The van der Waals surface area contributed by atoms with Gasteiger partial charge in [0.2, 0.25) is 0 Å². The monoisotopic (exact) mass is 461 g/mol. The summed E-state index contributed by atoms with van der Waals surface area (Å²) >= 11 is 0. The molecule has 1 N–H and O–H groups in total. The van der Waals surface area contributed by atoms with Crippen molar-refractivity contribution in [2.75, 3.05) is 24.4 Å². The van der Waals surface area contributed by atoms with Crippen LogP contribution in [-0.2, 0) is 16.6 Å². The van der Waals surface area contributed by atoms with E-state index in [1.165, 1.54) is 25.9 Å². The lowest BCUT2D eigenvalue weighted by molar-refractivity contribution is 0.324. The van der Waals surface area contributed by atoms with Gasteiger partial charge in [-0.3, -0.25) is 4.72 Å². The first-order chi connectivity index (χ1) is 16.1. The molecule has 170 valence electrons. The maximum Gasteiger partial charge on any atom is 0.261 e. The molecule has 1 aliphatic rings. The molecular weight excluding hydrogens is 434 g/mol. The molecule has 1 saturated heterocycles. The van der Waals surface area contributed by atoms with Crippen LogP contribution in [0.3, 0.4) is 0 Å². The van der Waals surface area contributed by atoms with Gasteiger partial charge in [-0.05, 0) is 85.9 Å². The fourth-order valence-electron chi connectivity index (χ4n) is 4.22. The lowest BCUT2D eigenvalue weighted by Crippen LogP contribution is -2.23. The Balaban J connectivity index is 1.30. The first kappa shape index (κ1) is 21.6. The lowest BCUT2D eigenvalue weighted by atomic mass is 10.2. The minimum atomic E-state index is -3.72.